The topological polar surface area (TPSA) is 57.2 Å². The zero-order valence-corrected chi connectivity index (χ0v) is 16.5. The molecule has 0 amide bonds. The highest BCUT2D eigenvalue weighted by Crippen LogP contribution is 2.30. The van der Waals surface area contributed by atoms with Gasteiger partial charge in [-0.25, -0.2) is 8.42 Å². The summed E-state index contributed by atoms with van der Waals surface area (Å²) in [5.74, 6) is -0.312. The smallest absolute Gasteiger partial charge is 0.166 e. The lowest BCUT2D eigenvalue weighted by Crippen LogP contribution is -2.04. The average molecular weight is 387 g/mol. The number of benzene rings is 3. The lowest BCUT2D eigenvalue weighted by Gasteiger charge is -2.07. The van der Waals surface area contributed by atoms with Gasteiger partial charge in [-0.15, -0.1) is 0 Å². The van der Waals surface area contributed by atoms with Crippen LogP contribution in [-0.4, -0.2) is 18.7 Å². The van der Waals surface area contributed by atoms with Crippen LogP contribution in [-0.2, 0) is 21.0 Å². The van der Waals surface area contributed by atoms with Crippen LogP contribution < -0.4 is 0 Å². The molecule has 3 aromatic rings. The van der Waals surface area contributed by atoms with Gasteiger partial charge in [0.1, 0.15) is 0 Å². The second kappa shape index (κ2) is 9.57. The largest absolute Gasteiger partial charge is 0.748 e. The second-order valence-electron chi connectivity index (χ2n) is 5.59. The van der Waals surface area contributed by atoms with E-state index in [9.17, 15) is 13.0 Å². The maximum atomic E-state index is 9.44. The van der Waals surface area contributed by atoms with Crippen LogP contribution in [0.1, 0.15) is 12.5 Å². The molecule has 0 heterocycles. The summed E-state index contributed by atoms with van der Waals surface area (Å²) in [4.78, 5) is 4.10. The molecule has 0 aromatic heterocycles. The molecule has 0 radical (unpaired) electrons. The summed E-state index contributed by atoms with van der Waals surface area (Å²) >= 11 is 0. The SMILES string of the molecule is CCS(=O)(=O)[O-].Cc1ccc([S+](c2ccccc2)c2ccccc2)cc1. The first-order chi connectivity index (χ1) is 12.4. The van der Waals surface area contributed by atoms with Gasteiger partial charge in [0.25, 0.3) is 0 Å². The molecule has 136 valence electrons. The molecule has 3 rings (SSSR count). The normalized spacial score (nSPS) is 10.9. The average Bonchev–Trinajstić information content (AvgIpc) is 2.65. The summed E-state index contributed by atoms with van der Waals surface area (Å²) < 4.78 is 28.3. The van der Waals surface area contributed by atoms with Gasteiger partial charge >= 0.3 is 0 Å². The van der Waals surface area contributed by atoms with Crippen LogP contribution in [0.2, 0.25) is 0 Å². The molecule has 3 aromatic carbocycles. The van der Waals surface area contributed by atoms with E-state index < -0.39 is 10.1 Å². The van der Waals surface area contributed by atoms with Gasteiger partial charge in [-0.05, 0) is 43.3 Å². The van der Waals surface area contributed by atoms with Gasteiger partial charge < -0.3 is 4.55 Å². The van der Waals surface area contributed by atoms with E-state index in [2.05, 4.69) is 91.9 Å². The van der Waals surface area contributed by atoms with Gasteiger partial charge in [0.2, 0.25) is 0 Å². The van der Waals surface area contributed by atoms with Crippen LogP contribution in [0.15, 0.2) is 99.6 Å². The summed E-state index contributed by atoms with van der Waals surface area (Å²) in [5.41, 5.74) is 1.30. The van der Waals surface area contributed by atoms with Crippen LogP contribution in [0.4, 0.5) is 0 Å². The lowest BCUT2D eigenvalue weighted by molar-refractivity contribution is 0.464. The molecule has 5 heteroatoms. The van der Waals surface area contributed by atoms with Crippen molar-refractivity contribution in [2.45, 2.75) is 28.5 Å². The number of rotatable bonds is 4. The van der Waals surface area contributed by atoms with Crippen molar-refractivity contribution >= 4 is 21.0 Å². The molecule has 0 aliphatic rings. The minimum absolute atomic E-state index is 0.0229. The lowest BCUT2D eigenvalue weighted by atomic mass is 10.2. The molecule has 26 heavy (non-hydrogen) atoms. The zero-order valence-electron chi connectivity index (χ0n) is 14.8. The van der Waals surface area contributed by atoms with Crippen LogP contribution in [0.5, 0.6) is 0 Å². The maximum Gasteiger partial charge on any atom is 0.166 e. The van der Waals surface area contributed by atoms with Gasteiger partial charge in [0.15, 0.2) is 14.7 Å². The van der Waals surface area contributed by atoms with Gasteiger partial charge in [-0.2, -0.15) is 0 Å². The highest BCUT2D eigenvalue weighted by molar-refractivity contribution is 7.97. The molecule has 0 aliphatic heterocycles. The molecule has 0 unspecified atom stereocenters. The van der Waals surface area contributed by atoms with Crippen molar-refractivity contribution in [1.29, 1.82) is 0 Å². The predicted molar refractivity (Wildman–Crippen MR) is 106 cm³/mol. The molecule has 0 saturated heterocycles. The molecule has 0 N–H and O–H groups in total. The van der Waals surface area contributed by atoms with Crippen LogP contribution in [0.25, 0.3) is 0 Å². The van der Waals surface area contributed by atoms with Crippen LogP contribution in [0.3, 0.4) is 0 Å². The molecular weight excluding hydrogens is 364 g/mol. The Labute approximate surface area is 158 Å². The van der Waals surface area contributed by atoms with Gasteiger partial charge in [-0.1, -0.05) is 61.0 Å². The molecule has 0 spiro atoms. The number of aryl methyl sites for hydroxylation is 1. The monoisotopic (exact) mass is 386 g/mol. The van der Waals surface area contributed by atoms with Crippen molar-refractivity contribution in [2.75, 3.05) is 5.75 Å². The van der Waals surface area contributed by atoms with E-state index >= 15 is 0 Å². The second-order valence-corrected chi connectivity index (χ2v) is 9.31. The molecular formula is C21H22O3S2. The summed E-state index contributed by atoms with van der Waals surface area (Å²) in [7, 11) is -3.93. The molecule has 3 nitrogen and oxygen atoms in total. The Morgan fingerprint density at radius 2 is 1.08 bits per heavy atom. The molecule has 0 aliphatic carbocycles. The minimum atomic E-state index is -3.91. The quantitative estimate of drug-likeness (QED) is 0.485. The van der Waals surface area contributed by atoms with Crippen LogP contribution in [0, 0.1) is 6.92 Å². The van der Waals surface area contributed by atoms with Crippen molar-refractivity contribution in [2.24, 2.45) is 0 Å². The molecule has 0 atom stereocenters. The van der Waals surface area contributed by atoms with E-state index in [1.54, 1.807) is 0 Å². The highest BCUT2D eigenvalue weighted by atomic mass is 32.2. The fourth-order valence-electron chi connectivity index (χ4n) is 2.20. The highest BCUT2D eigenvalue weighted by Gasteiger charge is 2.27. The Balaban J connectivity index is 0.000000352. The van der Waals surface area contributed by atoms with Gasteiger partial charge in [0, 0.05) is 5.75 Å². The third-order valence-electron chi connectivity index (χ3n) is 3.57. The predicted octanol–water partition coefficient (Wildman–Crippen LogP) is 4.64. The standard InChI is InChI=1S/C19H17S.C2H6O3S/c1-16-12-14-19(15-13-16)20(17-8-4-2-5-9-17)18-10-6-3-7-11-18;1-2-6(3,4)5/h2-15H,1H3;2H2,1H3,(H,3,4,5)/q+1;/p-1. The summed E-state index contributed by atoms with van der Waals surface area (Å²) in [6.45, 7) is 3.44. The minimum Gasteiger partial charge on any atom is -0.748 e. The van der Waals surface area contributed by atoms with Crippen molar-refractivity contribution in [3.8, 4) is 0 Å². The van der Waals surface area contributed by atoms with Gasteiger partial charge in [-0.3, -0.25) is 0 Å². The van der Waals surface area contributed by atoms with E-state index in [0.717, 1.165) is 0 Å². The summed E-state index contributed by atoms with van der Waals surface area (Å²) in [5, 5.41) is 0. The first kappa shape index (κ1) is 20.2. The van der Waals surface area contributed by atoms with E-state index in [-0.39, 0.29) is 16.6 Å². The first-order valence-corrected chi connectivity index (χ1v) is 11.1. The summed E-state index contributed by atoms with van der Waals surface area (Å²) in [6, 6.07) is 30.4. The Morgan fingerprint density at radius 3 is 1.42 bits per heavy atom. The zero-order chi connectivity index (χ0) is 19.0. The van der Waals surface area contributed by atoms with Crippen molar-refractivity contribution in [1.82, 2.24) is 0 Å². The van der Waals surface area contributed by atoms with E-state index in [1.807, 2.05) is 0 Å². The molecule has 0 saturated carbocycles. The Morgan fingerprint density at radius 1 is 0.731 bits per heavy atom. The molecule has 0 bridgehead atoms. The number of hydrogen-bond donors (Lipinski definition) is 0. The van der Waals surface area contributed by atoms with Crippen molar-refractivity contribution in [3.05, 3.63) is 90.5 Å². The molecule has 0 fully saturated rings. The third-order valence-corrected chi connectivity index (χ3v) is 6.51. The van der Waals surface area contributed by atoms with Gasteiger partial charge in [0.05, 0.1) is 21.0 Å². The first-order valence-electron chi connectivity index (χ1n) is 8.25. The third kappa shape index (κ3) is 6.33. The van der Waals surface area contributed by atoms with E-state index in [1.165, 1.54) is 27.2 Å². The Bertz CT molecular complexity index is 852. The van der Waals surface area contributed by atoms with E-state index in [0.29, 0.717) is 0 Å². The summed E-state index contributed by atoms with van der Waals surface area (Å²) in [6.07, 6.45) is 0. The number of hydrogen-bond acceptors (Lipinski definition) is 3. The van der Waals surface area contributed by atoms with E-state index in [4.69, 9.17) is 0 Å². The van der Waals surface area contributed by atoms with Crippen molar-refractivity contribution in [3.63, 3.8) is 0 Å². The maximum absolute atomic E-state index is 9.44. The Hall–Kier alpha value is -2.08. The van der Waals surface area contributed by atoms with Crippen molar-refractivity contribution < 1.29 is 13.0 Å². The van der Waals surface area contributed by atoms with Crippen LogP contribution >= 0.6 is 0 Å². The Kier molecular flexibility index (Phi) is 7.45. The fourth-order valence-corrected chi connectivity index (χ4v) is 4.28. The fraction of sp³-hybridized carbons (Fsp3) is 0.143.